The first-order valence-corrected chi connectivity index (χ1v) is 7.54. The molecule has 1 heterocycles. The van der Waals surface area contributed by atoms with E-state index in [0.29, 0.717) is 6.54 Å². The molecule has 0 spiro atoms. The Morgan fingerprint density at radius 3 is 2.61 bits per heavy atom. The van der Waals surface area contributed by atoms with Crippen molar-refractivity contribution in [3.05, 3.63) is 56.7 Å². The molecule has 0 fully saturated rings. The van der Waals surface area contributed by atoms with Gasteiger partial charge in [-0.05, 0) is 36.1 Å². The molecule has 0 aliphatic carbocycles. The molecular weight excluding hydrogens is 310 g/mol. The number of halogens is 1. The predicted molar refractivity (Wildman–Crippen MR) is 79.8 cm³/mol. The summed E-state index contributed by atoms with van der Waals surface area (Å²) in [7, 11) is 0. The van der Waals surface area contributed by atoms with E-state index in [-0.39, 0.29) is 6.04 Å². The maximum Gasteiger partial charge on any atom is 0.101 e. The Kier molecular flexibility index (Phi) is 4.95. The summed E-state index contributed by atoms with van der Waals surface area (Å²) in [4.78, 5) is 1.01. The van der Waals surface area contributed by atoms with Crippen molar-refractivity contribution in [2.75, 3.05) is 6.54 Å². The summed E-state index contributed by atoms with van der Waals surface area (Å²) >= 11 is 5.01. The number of rotatable bonds is 5. The number of benzene rings is 1. The molecule has 18 heavy (non-hydrogen) atoms. The molecule has 0 aliphatic heterocycles. The van der Waals surface area contributed by atoms with Crippen LogP contribution < -0.4 is 5.32 Å². The van der Waals surface area contributed by atoms with Gasteiger partial charge >= 0.3 is 0 Å². The lowest BCUT2D eigenvalue weighted by Gasteiger charge is -2.17. The maximum atomic E-state index is 9.99. The van der Waals surface area contributed by atoms with Crippen LogP contribution in [0.4, 0.5) is 0 Å². The van der Waals surface area contributed by atoms with Crippen molar-refractivity contribution in [1.82, 2.24) is 5.32 Å². The molecule has 2 rings (SSSR count). The fraction of sp³-hybridized carbons (Fsp3) is 0.286. The van der Waals surface area contributed by atoms with Gasteiger partial charge in [0.2, 0.25) is 0 Å². The Hall–Kier alpha value is -0.680. The van der Waals surface area contributed by atoms with Crippen molar-refractivity contribution < 1.29 is 5.11 Å². The third-order valence-corrected chi connectivity index (χ3v) is 4.36. The van der Waals surface area contributed by atoms with Gasteiger partial charge in [0.05, 0.1) is 0 Å². The van der Waals surface area contributed by atoms with E-state index in [1.54, 1.807) is 11.3 Å². The first kappa shape index (κ1) is 13.7. The molecule has 2 N–H and O–H groups in total. The van der Waals surface area contributed by atoms with Gasteiger partial charge in [0.25, 0.3) is 0 Å². The van der Waals surface area contributed by atoms with Gasteiger partial charge in [-0.2, -0.15) is 0 Å². The van der Waals surface area contributed by atoms with E-state index in [2.05, 4.69) is 40.3 Å². The van der Waals surface area contributed by atoms with Crippen molar-refractivity contribution >= 4 is 27.3 Å². The summed E-state index contributed by atoms with van der Waals surface area (Å²) in [5.74, 6) is 0. The number of aliphatic hydroxyl groups excluding tert-OH is 1. The van der Waals surface area contributed by atoms with E-state index < -0.39 is 6.10 Å². The molecule has 0 amide bonds. The summed E-state index contributed by atoms with van der Waals surface area (Å²) in [6.45, 7) is 2.67. The molecule has 0 aliphatic rings. The van der Waals surface area contributed by atoms with E-state index in [0.717, 1.165) is 9.35 Å². The Bertz CT molecular complexity index is 469. The van der Waals surface area contributed by atoms with Crippen molar-refractivity contribution in [3.63, 3.8) is 0 Å². The monoisotopic (exact) mass is 325 g/mol. The van der Waals surface area contributed by atoms with Crippen LogP contribution in [-0.4, -0.2) is 11.7 Å². The molecule has 96 valence electrons. The van der Waals surface area contributed by atoms with Gasteiger partial charge in [-0.1, -0.05) is 34.1 Å². The lowest BCUT2D eigenvalue weighted by molar-refractivity contribution is 0.174. The van der Waals surface area contributed by atoms with Crippen LogP contribution in [0.3, 0.4) is 0 Å². The quantitative estimate of drug-likeness (QED) is 0.873. The van der Waals surface area contributed by atoms with E-state index in [9.17, 15) is 5.11 Å². The summed E-state index contributed by atoms with van der Waals surface area (Å²) in [5.41, 5.74) is 1.22. The van der Waals surface area contributed by atoms with Crippen molar-refractivity contribution in [2.45, 2.75) is 19.1 Å². The Balaban J connectivity index is 1.88. The molecular formula is C14H16BrNOS. The molecule has 0 saturated carbocycles. The van der Waals surface area contributed by atoms with E-state index in [1.165, 1.54) is 5.56 Å². The van der Waals surface area contributed by atoms with Crippen LogP contribution >= 0.6 is 27.3 Å². The average molecular weight is 326 g/mol. The zero-order valence-corrected chi connectivity index (χ0v) is 12.5. The maximum absolute atomic E-state index is 9.99. The van der Waals surface area contributed by atoms with Gasteiger partial charge in [-0.15, -0.1) is 11.3 Å². The Morgan fingerprint density at radius 2 is 2.00 bits per heavy atom. The smallest absolute Gasteiger partial charge is 0.101 e. The minimum Gasteiger partial charge on any atom is -0.386 e. The number of nitrogens with one attached hydrogen (secondary N) is 1. The summed E-state index contributed by atoms with van der Waals surface area (Å²) in [6.07, 6.45) is -0.428. The van der Waals surface area contributed by atoms with Gasteiger partial charge in [-0.25, -0.2) is 0 Å². The minimum absolute atomic E-state index is 0.229. The largest absolute Gasteiger partial charge is 0.386 e. The van der Waals surface area contributed by atoms with Gasteiger partial charge in [0, 0.05) is 21.9 Å². The van der Waals surface area contributed by atoms with Gasteiger partial charge in [-0.3, -0.25) is 0 Å². The molecule has 0 saturated heterocycles. The standard InChI is InChI=1S/C14H16BrNOS/c1-10(11-4-6-12(15)7-5-11)16-9-13(17)14-3-2-8-18-14/h2-8,10,13,16-17H,9H2,1H3/t10-,13?/m0/s1. The van der Waals surface area contributed by atoms with Gasteiger partial charge in [0.1, 0.15) is 6.10 Å². The second kappa shape index (κ2) is 6.48. The summed E-state index contributed by atoms with van der Waals surface area (Å²) in [5, 5.41) is 15.3. The number of thiophene rings is 1. The van der Waals surface area contributed by atoms with E-state index in [1.807, 2.05) is 29.6 Å². The summed E-state index contributed by atoms with van der Waals surface area (Å²) < 4.78 is 1.08. The zero-order valence-electron chi connectivity index (χ0n) is 10.1. The molecule has 2 nitrogen and oxygen atoms in total. The van der Waals surface area contributed by atoms with Crippen LogP contribution in [-0.2, 0) is 0 Å². The number of hydrogen-bond acceptors (Lipinski definition) is 3. The number of aliphatic hydroxyl groups is 1. The molecule has 0 bridgehead atoms. The molecule has 2 aromatic rings. The van der Waals surface area contributed by atoms with Crippen molar-refractivity contribution in [1.29, 1.82) is 0 Å². The first-order valence-electron chi connectivity index (χ1n) is 5.87. The van der Waals surface area contributed by atoms with E-state index in [4.69, 9.17) is 0 Å². The predicted octanol–water partition coefficient (Wildman–Crippen LogP) is 3.89. The van der Waals surface area contributed by atoms with Gasteiger partial charge < -0.3 is 10.4 Å². The lowest BCUT2D eigenvalue weighted by Crippen LogP contribution is -2.24. The third kappa shape index (κ3) is 3.65. The Morgan fingerprint density at radius 1 is 1.28 bits per heavy atom. The molecule has 2 atom stereocenters. The normalized spacial score (nSPS) is 14.4. The second-order valence-corrected chi connectivity index (χ2v) is 6.11. The van der Waals surface area contributed by atoms with Crippen LogP contribution in [0, 0.1) is 0 Å². The van der Waals surface area contributed by atoms with Crippen molar-refractivity contribution in [2.24, 2.45) is 0 Å². The molecule has 1 unspecified atom stereocenters. The van der Waals surface area contributed by atoms with E-state index >= 15 is 0 Å². The van der Waals surface area contributed by atoms with Crippen molar-refractivity contribution in [3.8, 4) is 0 Å². The fourth-order valence-corrected chi connectivity index (χ4v) is 2.72. The van der Waals surface area contributed by atoms with Gasteiger partial charge in [0.15, 0.2) is 0 Å². The highest BCUT2D eigenvalue weighted by molar-refractivity contribution is 9.10. The topological polar surface area (TPSA) is 32.3 Å². The van der Waals surface area contributed by atoms with Crippen LogP contribution in [0.15, 0.2) is 46.3 Å². The first-order chi connectivity index (χ1) is 8.66. The molecule has 1 aromatic heterocycles. The minimum atomic E-state index is -0.428. The summed E-state index contributed by atoms with van der Waals surface area (Å²) in [6, 6.07) is 12.4. The SMILES string of the molecule is C[C@H](NCC(O)c1cccs1)c1ccc(Br)cc1. The molecule has 0 radical (unpaired) electrons. The van der Waals surface area contributed by atoms with Crippen LogP contribution in [0.2, 0.25) is 0 Å². The third-order valence-electron chi connectivity index (χ3n) is 2.86. The highest BCUT2D eigenvalue weighted by atomic mass is 79.9. The van der Waals surface area contributed by atoms with Crippen LogP contribution in [0.1, 0.15) is 29.5 Å². The molecule has 4 heteroatoms. The average Bonchev–Trinajstić information content (AvgIpc) is 2.90. The Labute approximate surface area is 120 Å². The molecule has 1 aromatic carbocycles. The number of hydrogen-bond donors (Lipinski definition) is 2. The fourth-order valence-electron chi connectivity index (χ4n) is 1.74. The van der Waals surface area contributed by atoms with Crippen LogP contribution in [0.5, 0.6) is 0 Å². The second-order valence-electron chi connectivity index (χ2n) is 4.21. The highest BCUT2D eigenvalue weighted by Crippen LogP contribution is 2.20. The zero-order chi connectivity index (χ0) is 13.0. The highest BCUT2D eigenvalue weighted by Gasteiger charge is 2.11. The lowest BCUT2D eigenvalue weighted by atomic mass is 10.1. The van der Waals surface area contributed by atoms with Crippen LogP contribution in [0.25, 0.3) is 0 Å².